The van der Waals surface area contributed by atoms with Crippen molar-refractivity contribution in [1.29, 1.82) is 0 Å². The summed E-state index contributed by atoms with van der Waals surface area (Å²) in [5.74, 6) is 0.231. The van der Waals surface area contributed by atoms with Crippen LogP contribution < -0.4 is 10.6 Å². The Morgan fingerprint density at radius 3 is 2.57 bits per heavy atom. The number of nitrogens with two attached hydrogens (primary N) is 1. The summed E-state index contributed by atoms with van der Waals surface area (Å²) in [5, 5.41) is 0. The van der Waals surface area contributed by atoms with E-state index < -0.39 is 0 Å². The zero-order chi connectivity index (χ0) is 14.8. The fourth-order valence-electron chi connectivity index (χ4n) is 3.17. The van der Waals surface area contributed by atoms with E-state index in [9.17, 15) is 4.39 Å². The van der Waals surface area contributed by atoms with Gasteiger partial charge in [0, 0.05) is 30.7 Å². The number of nitrogens with zero attached hydrogens (tertiary/aromatic N) is 1. The van der Waals surface area contributed by atoms with Crippen molar-refractivity contribution in [1.82, 2.24) is 0 Å². The van der Waals surface area contributed by atoms with Gasteiger partial charge in [0.15, 0.2) is 0 Å². The van der Waals surface area contributed by atoms with Gasteiger partial charge in [0.05, 0.1) is 0 Å². The molecule has 0 aromatic heterocycles. The van der Waals surface area contributed by atoms with Gasteiger partial charge in [-0.15, -0.1) is 0 Å². The molecule has 0 saturated carbocycles. The Balaban J connectivity index is 1.83. The normalized spacial score (nSPS) is 22.3. The van der Waals surface area contributed by atoms with Crippen LogP contribution in [-0.4, -0.2) is 19.1 Å². The minimum atomic E-state index is -0.199. The van der Waals surface area contributed by atoms with Gasteiger partial charge in [0.1, 0.15) is 5.82 Å². The van der Waals surface area contributed by atoms with E-state index in [-0.39, 0.29) is 11.9 Å². The maximum absolute atomic E-state index is 13.1. The molecule has 1 aliphatic heterocycles. The van der Waals surface area contributed by atoms with Crippen LogP contribution in [0.15, 0.2) is 48.5 Å². The Bertz CT molecular complexity index is 609. The van der Waals surface area contributed by atoms with Gasteiger partial charge in [-0.3, -0.25) is 0 Å². The van der Waals surface area contributed by atoms with Crippen molar-refractivity contribution in [2.24, 2.45) is 5.73 Å². The highest BCUT2D eigenvalue weighted by atomic mass is 19.1. The molecule has 1 saturated heterocycles. The highest BCUT2D eigenvalue weighted by Gasteiger charge is 2.26. The molecule has 0 aliphatic carbocycles. The number of rotatable bonds is 2. The van der Waals surface area contributed by atoms with Crippen LogP contribution in [-0.2, 0) is 0 Å². The van der Waals surface area contributed by atoms with Crippen molar-refractivity contribution in [3.05, 3.63) is 65.5 Å². The van der Waals surface area contributed by atoms with E-state index >= 15 is 0 Å². The van der Waals surface area contributed by atoms with Crippen LogP contribution in [0.1, 0.15) is 23.5 Å². The molecule has 2 nitrogen and oxygen atoms in total. The number of aryl methyl sites for hydroxylation is 1. The Hall–Kier alpha value is -1.87. The highest BCUT2D eigenvalue weighted by molar-refractivity contribution is 5.48. The molecular formula is C18H21FN2. The van der Waals surface area contributed by atoms with E-state index in [0.717, 1.165) is 25.2 Å². The summed E-state index contributed by atoms with van der Waals surface area (Å²) in [6, 6.07) is 15.5. The quantitative estimate of drug-likeness (QED) is 0.915. The maximum Gasteiger partial charge on any atom is 0.123 e. The van der Waals surface area contributed by atoms with Crippen molar-refractivity contribution >= 4 is 5.69 Å². The van der Waals surface area contributed by atoms with Gasteiger partial charge in [0.25, 0.3) is 0 Å². The summed E-state index contributed by atoms with van der Waals surface area (Å²) in [7, 11) is 0. The SMILES string of the molecule is Cc1cccc(C2CC(N)CN(c3ccc(F)cc3)C2)c1. The number of anilines is 1. The summed E-state index contributed by atoms with van der Waals surface area (Å²) < 4.78 is 13.1. The standard InChI is InChI=1S/C18H21FN2/c1-13-3-2-4-14(9-13)15-10-17(20)12-21(11-15)18-7-5-16(19)6-8-18/h2-9,15,17H,10-12,20H2,1H3. The average molecular weight is 284 g/mol. The molecule has 2 aromatic carbocycles. The van der Waals surface area contributed by atoms with E-state index in [1.165, 1.54) is 23.3 Å². The molecule has 3 rings (SSSR count). The fourth-order valence-corrected chi connectivity index (χ4v) is 3.17. The lowest BCUT2D eigenvalue weighted by molar-refractivity contribution is 0.453. The van der Waals surface area contributed by atoms with E-state index in [1.54, 1.807) is 0 Å². The Kier molecular flexibility index (Phi) is 3.93. The molecule has 110 valence electrons. The Labute approximate surface area is 125 Å². The third-order valence-electron chi connectivity index (χ3n) is 4.19. The molecule has 21 heavy (non-hydrogen) atoms. The van der Waals surface area contributed by atoms with Gasteiger partial charge >= 0.3 is 0 Å². The van der Waals surface area contributed by atoms with Gasteiger partial charge in [-0.2, -0.15) is 0 Å². The molecule has 1 fully saturated rings. The zero-order valence-corrected chi connectivity index (χ0v) is 12.3. The van der Waals surface area contributed by atoms with Crippen molar-refractivity contribution in [2.75, 3.05) is 18.0 Å². The monoisotopic (exact) mass is 284 g/mol. The molecule has 3 heteroatoms. The summed E-state index contributed by atoms with van der Waals surface area (Å²) in [5.41, 5.74) is 9.91. The minimum absolute atomic E-state index is 0.148. The Morgan fingerprint density at radius 1 is 1.10 bits per heavy atom. The predicted octanol–water partition coefficient (Wildman–Crippen LogP) is 3.46. The maximum atomic E-state index is 13.1. The fraction of sp³-hybridized carbons (Fsp3) is 0.333. The molecule has 1 aliphatic rings. The second kappa shape index (κ2) is 5.86. The van der Waals surface area contributed by atoms with Gasteiger partial charge in [-0.1, -0.05) is 29.8 Å². The molecule has 0 radical (unpaired) electrons. The average Bonchev–Trinajstić information content (AvgIpc) is 2.47. The second-order valence-corrected chi connectivity index (χ2v) is 5.99. The third kappa shape index (κ3) is 3.24. The van der Waals surface area contributed by atoms with Crippen LogP contribution >= 0.6 is 0 Å². The van der Waals surface area contributed by atoms with Gasteiger partial charge in [-0.25, -0.2) is 4.39 Å². The van der Waals surface area contributed by atoms with E-state index in [2.05, 4.69) is 36.1 Å². The smallest absolute Gasteiger partial charge is 0.123 e. The van der Waals surface area contributed by atoms with Crippen molar-refractivity contribution in [3.63, 3.8) is 0 Å². The third-order valence-corrected chi connectivity index (χ3v) is 4.19. The van der Waals surface area contributed by atoms with Crippen LogP contribution in [0.25, 0.3) is 0 Å². The summed E-state index contributed by atoms with van der Waals surface area (Å²) in [6.45, 7) is 3.88. The van der Waals surface area contributed by atoms with Gasteiger partial charge in [0.2, 0.25) is 0 Å². The molecule has 2 N–H and O–H groups in total. The number of benzene rings is 2. The Morgan fingerprint density at radius 2 is 1.86 bits per heavy atom. The molecule has 2 atom stereocenters. The van der Waals surface area contributed by atoms with Gasteiger partial charge < -0.3 is 10.6 Å². The molecule has 0 spiro atoms. The molecular weight excluding hydrogens is 263 g/mol. The predicted molar refractivity (Wildman–Crippen MR) is 85.1 cm³/mol. The second-order valence-electron chi connectivity index (χ2n) is 5.99. The molecule has 0 bridgehead atoms. The molecule has 2 aromatic rings. The summed E-state index contributed by atoms with van der Waals surface area (Å²) in [6.07, 6.45) is 1.00. The van der Waals surface area contributed by atoms with Crippen LogP contribution in [0.3, 0.4) is 0 Å². The lowest BCUT2D eigenvalue weighted by Crippen LogP contribution is -2.46. The lowest BCUT2D eigenvalue weighted by atomic mass is 9.87. The first kappa shape index (κ1) is 14.1. The van der Waals surface area contributed by atoms with E-state index in [4.69, 9.17) is 5.73 Å². The lowest BCUT2D eigenvalue weighted by Gasteiger charge is -2.38. The number of halogens is 1. The molecule has 2 unspecified atom stereocenters. The number of hydrogen-bond donors (Lipinski definition) is 1. The number of hydrogen-bond acceptors (Lipinski definition) is 2. The largest absolute Gasteiger partial charge is 0.369 e. The zero-order valence-electron chi connectivity index (χ0n) is 12.3. The molecule has 1 heterocycles. The van der Waals surface area contributed by atoms with Crippen molar-refractivity contribution in [3.8, 4) is 0 Å². The minimum Gasteiger partial charge on any atom is -0.369 e. The highest BCUT2D eigenvalue weighted by Crippen LogP contribution is 2.30. The molecule has 0 amide bonds. The van der Waals surface area contributed by atoms with Crippen LogP contribution in [0.4, 0.5) is 10.1 Å². The van der Waals surface area contributed by atoms with Crippen molar-refractivity contribution in [2.45, 2.75) is 25.3 Å². The topological polar surface area (TPSA) is 29.3 Å². The van der Waals surface area contributed by atoms with Crippen LogP contribution in [0, 0.1) is 12.7 Å². The van der Waals surface area contributed by atoms with Crippen LogP contribution in [0.2, 0.25) is 0 Å². The first-order valence-electron chi connectivity index (χ1n) is 7.44. The van der Waals surface area contributed by atoms with E-state index in [0.29, 0.717) is 5.92 Å². The number of piperidine rings is 1. The summed E-state index contributed by atoms with van der Waals surface area (Å²) >= 11 is 0. The van der Waals surface area contributed by atoms with E-state index in [1.807, 2.05) is 12.1 Å². The summed E-state index contributed by atoms with van der Waals surface area (Å²) in [4.78, 5) is 2.26. The van der Waals surface area contributed by atoms with Crippen molar-refractivity contribution < 1.29 is 4.39 Å². The first-order chi connectivity index (χ1) is 10.1. The van der Waals surface area contributed by atoms with Crippen LogP contribution in [0.5, 0.6) is 0 Å². The first-order valence-corrected chi connectivity index (χ1v) is 7.44. The van der Waals surface area contributed by atoms with Gasteiger partial charge in [-0.05, 0) is 43.2 Å².